The number of nitrogens with zero attached hydrogens (tertiary/aromatic N) is 3. The maximum Gasteiger partial charge on any atom is 0.326 e. The van der Waals surface area contributed by atoms with E-state index in [9.17, 15) is 14.7 Å². The molecule has 2 aliphatic heterocycles. The maximum atomic E-state index is 13.2. The van der Waals surface area contributed by atoms with Crippen LogP contribution in [-0.4, -0.2) is 71.1 Å². The number of rotatable bonds is 8. The Kier molecular flexibility index (Phi) is 8.29. The highest BCUT2D eigenvalue weighted by atomic mass is 16.4. The maximum absolute atomic E-state index is 13.2. The van der Waals surface area contributed by atoms with Crippen molar-refractivity contribution in [1.29, 1.82) is 0 Å². The van der Waals surface area contributed by atoms with Gasteiger partial charge in [-0.3, -0.25) is 4.79 Å². The zero-order valence-corrected chi connectivity index (χ0v) is 20.2. The number of piperidine rings is 1. The van der Waals surface area contributed by atoms with Gasteiger partial charge in [-0.15, -0.1) is 0 Å². The van der Waals surface area contributed by atoms with Crippen molar-refractivity contribution < 1.29 is 14.7 Å². The number of benzene rings is 1. The lowest BCUT2D eigenvalue weighted by Crippen LogP contribution is -2.52. The molecule has 6 heteroatoms. The van der Waals surface area contributed by atoms with Crippen molar-refractivity contribution >= 4 is 17.6 Å². The summed E-state index contributed by atoms with van der Waals surface area (Å²) in [5.74, 6) is -0.0392. The number of carboxylic acid groups (broad SMARTS) is 1. The van der Waals surface area contributed by atoms with Crippen LogP contribution in [-0.2, 0) is 9.59 Å². The van der Waals surface area contributed by atoms with E-state index in [2.05, 4.69) is 28.9 Å². The molecule has 0 spiro atoms. The van der Waals surface area contributed by atoms with E-state index in [1.54, 1.807) is 4.90 Å². The zero-order valence-electron chi connectivity index (χ0n) is 20.2. The average Bonchev–Trinajstić information content (AvgIpc) is 3.34. The molecule has 1 saturated carbocycles. The normalized spacial score (nSPS) is 26.9. The minimum Gasteiger partial charge on any atom is -0.480 e. The van der Waals surface area contributed by atoms with Crippen LogP contribution in [0.4, 0.5) is 5.69 Å². The number of aliphatic carboxylic acids is 1. The molecule has 3 atom stereocenters. The third kappa shape index (κ3) is 5.89. The first-order valence-corrected chi connectivity index (χ1v) is 13.1. The Morgan fingerprint density at radius 3 is 2.45 bits per heavy atom. The first-order chi connectivity index (χ1) is 16.1. The number of carbonyl (C=O) groups excluding carboxylic acids is 1. The van der Waals surface area contributed by atoms with E-state index in [1.165, 1.54) is 38.5 Å². The van der Waals surface area contributed by atoms with Gasteiger partial charge in [0.1, 0.15) is 6.04 Å². The summed E-state index contributed by atoms with van der Waals surface area (Å²) in [4.78, 5) is 31.4. The fraction of sp³-hybridized carbons (Fsp3) is 0.704. The second kappa shape index (κ2) is 11.4. The summed E-state index contributed by atoms with van der Waals surface area (Å²) in [5, 5.41) is 9.52. The Balaban J connectivity index is 1.40. The highest BCUT2D eigenvalue weighted by molar-refractivity contribution is 5.87. The van der Waals surface area contributed by atoms with Crippen molar-refractivity contribution in [3.63, 3.8) is 0 Å². The largest absolute Gasteiger partial charge is 0.480 e. The van der Waals surface area contributed by atoms with Gasteiger partial charge in [0.05, 0.1) is 6.54 Å². The molecule has 3 aliphatic rings. The van der Waals surface area contributed by atoms with Gasteiger partial charge in [0.2, 0.25) is 5.91 Å². The predicted octanol–water partition coefficient (Wildman–Crippen LogP) is 4.39. The number of likely N-dealkylation sites (tertiary alicyclic amines) is 2. The van der Waals surface area contributed by atoms with Gasteiger partial charge in [-0.25, -0.2) is 4.79 Å². The Bertz CT molecular complexity index is 776. The third-order valence-electron chi connectivity index (χ3n) is 8.16. The molecule has 2 heterocycles. The minimum absolute atomic E-state index is 0.0547. The van der Waals surface area contributed by atoms with E-state index in [1.807, 2.05) is 18.2 Å². The molecule has 0 radical (unpaired) electrons. The van der Waals surface area contributed by atoms with Crippen LogP contribution >= 0.6 is 0 Å². The van der Waals surface area contributed by atoms with Gasteiger partial charge in [0.25, 0.3) is 0 Å². The second-order valence-electron chi connectivity index (χ2n) is 10.3. The van der Waals surface area contributed by atoms with Crippen molar-refractivity contribution in [2.75, 3.05) is 31.1 Å². The molecule has 3 fully saturated rings. The van der Waals surface area contributed by atoms with Crippen LogP contribution in [0.25, 0.3) is 0 Å². The van der Waals surface area contributed by atoms with Crippen molar-refractivity contribution in [3.05, 3.63) is 30.3 Å². The molecule has 1 amide bonds. The van der Waals surface area contributed by atoms with Crippen LogP contribution in [0.2, 0.25) is 0 Å². The summed E-state index contributed by atoms with van der Waals surface area (Å²) < 4.78 is 0. The summed E-state index contributed by atoms with van der Waals surface area (Å²) in [6.07, 6.45) is 11.5. The lowest BCUT2D eigenvalue weighted by molar-refractivity contribution is -0.147. The molecule has 182 valence electrons. The lowest BCUT2D eigenvalue weighted by Gasteiger charge is -2.44. The van der Waals surface area contributed by atoms with E-state index in [0.29, 0.717) is 19.0 Å². The zero-order chi connectivity index (χ0) is 23.2. The molecular weight excluding hydrogens is 414 g/mol. The van der Waals surface area contributed by atoms with Gasteiger partial charge in [0, 0.05) is 37.4 Å². The standard InChI is InChI=1S/C27H41N3O3/c1-2-8-21-9-6-12-24(19-21)28-17-14-23(15-18-28)30(22-10-4-3-5-11-22)20-26(31)29-16-7-13-25(29)27(32)33/h3-5,10-11,21,23-25H,2,6-9,12-20H2,1H3,(H,32,33)/t21-,24-,25-/m0/s1. The van der Waals surface area contributed by atoms with Crippen molar-refractivity contribution in [2.45, 2.75) is 89.3 Å². The van der Waals surface area contributed by atoms with Crippen LogP contribution in [0.5, 0.6) is 0 Å². The van der Waals surface area contributed by atoms with Gasteiger partial charge in [-0.2, -0.15) is 0 Å². The van der Waals surface area contributed by atoms with E-state index in [4.69, 9.17) is 0 Å². The minimum atomic E-state index is -0.880. The Hall–Kier alpha value is -2.08. The summed E-state index contributed by atoms with van der Waals surface area (Å²) in [7, 11) is 0. The highest BCUT2D eigenvalue weighted by Crippen LogP contribution is 2.33. The Morgan fingerprint density at radius 2 is 1.76 bits per heavy atom. The van der Waals surface area contributed by atoms with Crippen LogP contribution in [0, 0.1) is 5.92 Å². The monoisotopic (exact) mass is 455 g/mol. The molecule has 0 bridgehead atoms. The Morgan fingerprint density at radius 1 is 1.00 bits per heavy atom. The number of carbonyl (C=O) groups is 2. The fourth-order valence-corrected chi connectivity index (χ4v) is 6.44. The second-order valence-corrected chi connectivity index (χ2v) is 10.3. The molecule has 1 aromatic rings. The molecule has 0 aromatic heterocycles. The lowest BCUT2D eigenvalue weighted by atomic mass is 9.82. The molecule has 1 aliphatic carbocycles. The number of para-hydroxylation sites is 1. The van der Waals surface area contributed by atoms with Gasteiger partial charge < -0.3 is 19.8 Å². The number of amides is 1. The fourth-order valence-electron chi connectivity index (χ4n) is 6.44. The molecule has 33 heavy (non-hydrogen) atoms. The number of carboxylic acids is 1. The first kappa shape index (κ1) is 24.1. The molecule has 1 N–H and O–H groups in total. The van der Waals surface area contributed by atoms with Crippen LogP contribution in [0.1, 0.15) is 71.1 Å². The van der Waals surface area contributed by atoms with Gasteiger partial charge in [0.15, 0.2) is 0 Å². The summed E-state index contributed by atoms with van der Waals surface area (Å²) in [6.45, 7) is 5.30. The smallest absolute Gasteiger partial charge is 0.326 e. The van der Waals surface area contributed by atoms with Gasteiger partial charge >= 0.3 is 5.97 Å². The summed E-state index contributed by atoms with van der Waals surface area (Å²) in [6, 6.07) is 10.6. The first-order valence-electron chi connectivity index (χ1n) is 13.1. The average molecular weight is 456 g/mol. The van der Waals surface area contributed by atoms with E-state index < -0.39 is 12.0 Å². The van der Waals surface area contributed by atoms with E-state index in [0.717, 1.165) is 50.0 Å². The van der Waals surface area contributed by atoms with E-state index >= 15 is 0 Å². The van der Waals surface area contributed by atoms with Crippen molar-refractivity contribution in [2.24, 2.45) is 5.92 Å². The molecule has 6 nitrogen and oxygen atoms in total. The van der Waals surface area contributed by atoms with Gasteiger partial charge in [-0.05, 0) is 56.6 Å². The predicted molar refractivity (Wildman–Crippen MR) is 131 cm³/mol. The quantitative estimate of drug-likeness (QED) is 0.630. The van der Waals surface area contributed by atoms with Crippen molar-refractivity contribution in [1.82, 2.24) is 9.80 Å². The molecule has 0 unspecified atom stereocenters. The van der Waals surface area contributed by atoms with Crippen molar-refractivity contribution in [3.8, 4) is 0 Å². The summed E-state index contributed by atoms with van der Waals surface area (Å²) in [5.41, 5.74) is 1.07. The highest BCUT2D eigenvalue weighted by Gasteiger charge is 2.36. The molecular formula is C27H41N3O3. The number of hydrogen-bond acceptors (Lipinski definition) is 4. The van der Waals surface area contributed by atoms with Gasteiger partial charge in [-0.1, -0.05) is 50.8 Å². The molecule has 2 saturated heterocycles. The SMILES string of the molecule is CCC[C@H]1CCC[C@H](N2CCC(N(CC(=O)N3CCC[C@H]3C(=O)O)c3ccccc3)CC2)C1. The Labute approximate surface area is 198 Å². The van der Waals surface area contributed by atoms with Crippen LogP contribution in [0.15, 0.2) is 30.3 Å². The molecule has 4 rings (SSSR count). The number of anilines is 1. The third-order valence-corrected chi connectivity index (χ3v) is 8.16. The molecule has 1 aromatic carbocycles. The topological polar surface area (TPSA) is 64.1 Å². The van der Waals surface area contributed by atoms with Crippen LogP contribution < -0.4 is 4.90 Å². The summed E-state index contributed by atoms with van der Waals surface area (Å²) >= 11 is 0. The number of hydrogen-bond donors (Lipinski definition) is 1. The van der Waals surface area contributed by atoms with E-state index in [-0.39, 0.29) is 12.5 Å². The van der Waals surface area contributed by atoms with Crippen LogP contribution in [0.3, 0.4) is 0 Å².